The number of nitrogens with one attached hydrogen (secondary N) is 2. The van der Waals surface area contributed by atoms with Crippen molar-refractivity contribution in [3.63, 3.8) is 0 Å². The Balaban J connectivity index is 1.09. The Labute approximate surface area is 240 Å². The summed E-state index contributed by atoms with van der Waals surface area (Å²) in [6.07, 6.45) is 2.62. The summed E-state index contributed by atoms with van der Waals surface area (Å²) in [5.41, 5.74) is 0.306. The topological polar surface area (TPSA) is 147 Å². The van der Waals surface area contributed by atoms with Crippen molar-refractivity contribution in [1.29, 1.82) is 0 Å². The highest BCUT2D eigenvalue weighted by Gasteiger charge is 2.44. The van der Waals surface area contributed by atoms with Crippen LogP contribution in [0.25, 0.3) is 11.3 Å². The minimum Gasteiger partial charge on any atom is -0.491 e. The van der Waals surface area contributed by atoms with Crippen LogP contribution >= 0.6 is 0 Å². The third-order valence-electron chi connectivity index (χ3n) is 7.59. The molecule has 2 aromatic carbocycles. The molecule has 0 radical (unpaired) electrons. The zero-order chi connectivity index (χ0) is 29.1. The van der Waals surface area contributed by atoms with Crippen LogP contribution in [0.5, 0.6) is 5.75 Å². The van der Waals surface area contributed by atoms with Crippen molar-refractivity contribution in [2.45, 2.75) is 46.8 Å². The molecule has 222 valence electrons. The predicted octanol–water partition coefficient (Wildman–Crippen LogP) is 2.20. The Morgan fingerprint density at radius 2 is 1.80 bits per heavy atom. The van der Waals surface area contributed by atoms with Crippen molar-refractivity contribution in [3.05, 3.63) is 66.9 Å². The Hall–Kier alpha value is -2.78. The molecule has 2 saturated heterocycles. The molecule has 3 N–H and O–H groups in total. The summed E-state index contributed by atoms with van der Waals surface area (Å²) in [5, 5.41) is 13.7. The van der Waals surface area contributed by atoms with E-state index in [1.54, 1.807) is 48.7 Å². The first-order chi connectivity index (χ1) is 19.6. The maximum atomic E-state index is 13.4. The number of aliphatic hydroxyl groups is 1. The number of piperidine rings is 1. The number of ether oxygens (including phenoxy) is 2. The van der Waals surface area contributed by atoms with Crippen molar-refractivity contribution in [1.82, 2.24) is 14.3 Å². The molecular weight excluding hydrogens is 570 g/mol. The van der Waals surface area contributed by atoms with Crippen LogP contribution in [0.2, 0.25) is 0 Å². The van der Waals surface area contributed by atoms with Gasteiger partial charge in [0.2, 0.25) is 20.0 Å². The van der Waals surface area contributed by atoms with E-state index in [1.165, 1.54) is 23.5 Å². The average Bonchev–Trinajstić information content (AvgIpc) is 3.66. The van der Waals surface area contributed by atoms with Crippen LogP contribution in [0, 0.1) is 0 Å². The van der Waals surface area contributed by atoms with E-state index in [2.05, 4.69) is 10.0 Å². The maximum Gasteiger partial charge on any atom is 0.243 e. The fraction of sp³-hybridized carbons (Fsp3) is 0.429. The fourth-order valence-corrected chi connectivity index (χ4v) is 7.52. The zero-order valence-corrected chi connectivity index (χ0v) is 24.4. The van der Waals surface area contributed by atoms with Crippen molar-refractivity contribution in [2.24, 2.45) is 0 Å². The van der Waals surface area contributed by atoms with Gasteiger partial charge in [0.05, 0.1) is 28.3 Å². The molecule has 11 nitrogen and oxygen atoms in total. The van der Waals surface area contributed by atoms with Gasteiger partial charge in [-0.25, -0.2) is 21.6 Å². The van der Waals surface area contributed by atoms with Crippen LogP contribution in [0.15, 0.2) is 81.1 Å². The number of rotatable bonds is 11. The lowest BCUT2D eigenvalue weighted by molar-refractivity contribution is -0.0312. The second-order valence-corrected chi connectivity index (χ2v) is 14.2. The summed E-state index contributed by atoms with van der Waals surface area (Å²) < 4.78 is 71.7. The average molecular weight is 606 g/mol. The summed E-state index contributed by atoms with van der Waals surface area (Å²) in [5.74, 6) is 0.960. The normalized spacial score (nSPS) is 20.3. The molecule has 0 aliphatic carbocycles. The second kappa shape index (κ2) is 12.2. The highest BCUT2D eigenvalue weighted by atomic mass is 32.2. The van der Waals surface area contributed by atoms with E-state index >= 15 is 0 Å². The minimum absolute atomic E-state index is 0.0112. The number of nitrogens with zero attached hydrogens (tertiary/aromatic N) is 1. The molecule has 2 unspecified atom stereocenters. The number of furan rings is 1. The minimum atomic E-state index is -3.66. The summed E-state index contributed by atoms with van der Waals surface area (Å²) in [7, 11) is -5.91. The molecule has 1 aromatic heterocycles. The highest BCUT2D eigenvalue weighted by molar-refractivity contribution is 7.89. The molecule has 2 aliphatic rings. The summed E-state index contributed by atoms with van der Waals surface area (Å²) in [6, 6.07) is 16.4. The van der Waals surface area contributed by atoms with Gasteiger partial charge in [-0.2, -0.15) is 4.31 Å². The molecular formula is C28H35N3O8S2. The Bertz CT molecular complexity index is 1540. The number of hydrogen-bond acceptors (Lipinski definition) is 9. The van der Waals surface area contributed by atoms with Gasteiger partial charge in [0.15, 0.2) is 0 Å². The lowest BCUT2D eigenvalue weighted by Gasteiger charge is -2.38. The van der Waals surface area contributed by atoms with Crippen molar-refractivity contribution in [3.8, 4) is 17.1 Å². The fourth-order valence-electron chi connectivity index (χ4n) is 5.26. The van der Waals surface area contributed by atoms with E-state index in [1.807, 2.05) is 6.07 Å². The highest BCUT2D eigenvalue weighted by Crippen LogP contribution is 2.37. The summed E-state index contributed by atoms with van der Waals surface area (Å²) in [6.45, 7) is 1.45. The quantitative estimate of drug-likeness (QED) is 0.299. The first-order valence-electron chi connectivity index (χ1n) is 13.5. The molecule has 1 spiro atoms. The van der Waals surface area contributed by atoms with Gasteiger partial charge in [-0.3, -0.25) is 0 Å². The lowest BCUT2D eigenvalue weighted by atomic mass is 9.88. The molecule has 0 saturated carbocycles. The smallest absolute Gasteiger partial charge is 0.243 e. The van der Waals surface area contributed by atoms with E-state index < -0.39 is 31.8 Å². The van der Waals surface area contributed by atoms with Crippen molar-refractivity contribution in [2.75, 3.05) is 39.9 Å². The number of sulfonamides is 2. The summed E-state index contributed by atoms with van der Waals surface area (Å²) >= 11 is 0. The van der Waals surface area contributed by atoms with Crippen LogP contribution in [0.4, 0.5) is 0 Å². The number of aliphatic hydroxyl groups excluding tert-OH is 1. The Morgan fingerprint density at radius 3 is 2.54 bits per heavy atom. The van der Waals surface area contributed by atoms with Crippen LogP contribution in [-0.2, 0) is 24.8 Å². The predicted molar refractivity (Wildman–Crippen MR) is 151 cm³/mol. The molecule has 0 amide bonds. The lowest BCUT2D eigenvalue weighted by Crippen LogP contribution is -2.47. The van der Waals surface area contributed by atoms with Gasteiger partial charge < -0.3 is 24.3 Å². The standard InChI is InChI=1S/C28H35N3O8S2/c1-29-40(33,34)25-7-3-6-24(16-25)38-20-23(32)18-30-22-17-28(39-19-22)10-12-31(13-11-28)41(35,36)26-8-2-5-21(15-26)27-9-4-14-37-27/h2-9,14-16,22-23,29-30,32H,10-13,17-20H2,1H3. The number of hydrogen-bond donors (Lipinski definition) is 3. The molecule has 3 aromatic rings. The van der Waals surface area contributed by atoms with E-state index in [0.29, 0.717) is 56.0 Å². The van der Waals surface area contributed by atoms with Gasteiger partial charge in [0, 0.05) is 37.3 Å². The third kappa shape index (κ3) is 6.83. The molecule has 3 heterocycles. The molecule has 2 aliphatic heterocycles. The van der Waals surface area contributed by atoms with E-state index in [4.69, 9.17) is 13.9 Å². The monoisotopic (exact) mass is 605 g/mol. The van der Waals surface area contributed by atoms with Gasteiger partial charge in [-0.05, 0) is 62.7 Å². The first-order valence-corrected chi connectivity index (χ1v) is 16.4. The van der Waals surface area contributed by atoms with Crippen molar-refractivity contribution >= 4 is 20.0 Å². The second-order valence-electron chi connectivity index (χ2n) is 10.4. The van der Waals surface area contributed by atoms with Gasteiger partial charge in [0.25, 0.3) is 0 Å². The van der Waals surface area contributed by atoms with Crippen LogP contribution in [0.3, 0.4) is 0 Å². The van der Waals surface area contributed by atoms with Gasteiger partial charge >= 0.3 is 0 Å². The van der Waals surface area contributed by atoms with Gasteiger partial charge in [0.1, 0.15) is 24.2 Å². The molecule has 13 heteroatoms. The molecule has 41 heavy (non-hydrogen) atoms. The third-order valence-corrected chi connectivity index (χ3v) is 10.9. The van der Waals surface area contributed by atoms with Crippen LogP contribution in [0.1, 0.15) is 19.3 Å². The number of benzene rings is 2. The molecule has 2 fully saturated rings. The zero-order valence-electron chi connectivity index (χ0n) is 22.7. The first kappa shape index (κ1) is 29.7. The largest absolute Gasteiger partial charge is 0.491 e. The van der Waals surface area contributed by atoms with Gasteiger partial charge in [-0.1, -0.05) is 18.2 Å². The molecule has 5 rings (SSSR count). The van der Waals surface area contributed by atoms with Crippen LogP contribution in [-0.4, -0.2) is 83.9 Å². The molecule has 2 atom stereocenters. The van der Waals surface area contributed by atoms with E-state index in [0.717, 1.165) is 0 Å². The van der Waals surface area contributed by atoms with Gasteiger partial charge in [-0.15, -0.1) is 0 Å². The SMILES string of the molecule is CNS(=O)(=O)c1cccc(OCC(O)CNC2COC3(CCN(S(=O)(=O)c4cccc(-c5ccco5)c4)CC3)C2)c1. The Kier molecular flexibility index (Phi) is 8.85. The van der Waals surface area contributed by atoms with E-state index in [-0.39, 0.29) is 29.0 Å². The van der Waals surface area contributed by atoms with Crippen molar-refractivity contribution < 1.29 is 35.8 Å². The maximum absolute atomic E-state index is 13.4. The Morgan fingerprint density at radius 1 is 1.05 bits per heavy atom. The molecule has 0 bridgehead atoms. The summed E-state index contributed by atoms with van der Waals surface area (Å²) in [4.78, 5) is 0.320. The van der Waals surface area contributed by atoms with E-state index in [9.17, 15) is 21.9 Å². The van der Waals surface area contributed by atoms with Crippen LogP contribution < -0.4 is 14.8 Å².